The molecule has 0 spiro atoms. The van der Waals surface area contributed by atoms with Gasteiger partial charge in [-0.2, -0.15) is 15.6 Å². The molecule has 0 N–H and O–H groups in total. The minimum Gasteiger partial charge on any atom is -0.272 e. The molecule has 0 unspecified atom stereocenters. The molecule has 1 aliphatic heterocycles. The smallest absolute Gasteiger partial charge is 0.256 e. The first-order valence-electron chi connectivity index (χ1n) is 8.05. The number of nitriles is 2. The summed E-state index contributed by atoms with van der Waals surface area (Å²) in [5.41, 5.74) is 2.03. The molecular formula is C20H15BrN4O. The molecule has 0 saturated heterocycles. The van der Waals surface area contributed by atoms with Crippen LogP contribution in [0.2, 0.25) is 0 Å². The molecule has 1 aliphatic rings. The third kappa shape index (κ3) is 3.24. The van der Waals surface area contributed by atoms with Crippen LogP contribution in [0.25, 0.3) is 0 Å². The monoisotopic (exact) mass is 406 g/mol. The molecule has 0 bridgehead atoms. The van der Waals surface area contributed by atoms with Gasteiger partial charge in [0.2, 0.25) is 0 Å². The maximum absolute atomic E-state index is 13.1. The average Bonchev–Trinajstić information content (AvgIpc) is 2.96. The van der Waals surface area contributed by atoms with Crippen molar-refractivity contribution in [1.82, 2.24) is 0 Å². The van der Waals surface area contributed by atoms with E-state index in [1.54, 1.807) is 19.1 Å². The van der Waals surface area contributed by atoms with E-state index in [1.807, 2.05) is 54.6 Å². The number of para-hydroxylation sites is 1. The van der Waals surface area contributed by atoms with Gasteiger partial charge in [0.15, 0.2) is 0 Å². The molecule has 1 amide bonds. The summed E-state index contributed by atoms with van der Waals surface area (Å²) in [6.45, 7) is 1.77. The molecule has 1 heterocycles. The van der Waals surface area contributed by atoms with Crippen molar-refractivity contribution < 1.29 is 4.79 Å². The fourth-order valence-electron chi connectivity index (χ4n) is 3.20. The predicted molar refractivity (Wildman–Crippen MR) is 102 cm³/mol. The standard InChI is InChI=1S/C20H15BrN4O/c1-13-18(20(26)25(24-13)17-5-3-2-4-6-17)19(15(11-22)12-23)14-7-9-16(21)10-8-14/h2-10,15,18-19H,1H3/t18-,19+/m1/s1. The molecule has 0 radical (unpaired) electrons. The lowest BCUT2D eigenvalue weighted by atomic mass is 9.76. The van der Waals surface area contributed by atoms with Crippen LogP contribution in [0, 0.1) is 34.5 Å². The van der Waals surface area contributed by atoms with Gasteiger partial charge < -0.3 is 0 Å². The van der Waals surface area contributed by atoms with Gasteiger partial charge in [0.25, 0.3) is 5.91 Å². The molecule has 128 valence electrons. The minimum atomic E-state index is -0.953. The summed E-state index contributed by atoms with van der Waals surface area (Å²) < 4.78 is 0.888. The Morgan fingerprint density at radius 3 is 2.27 bits per heavy atom. The number of halogens is 1. The lowest BCUT2D eigenvalue weighted by Crippen LogP contribution is -2.34. The third-order valence-corrected chi connectivity index (χ3v) is 4.96. The van der Waals surface area contributed by atoms with Crippen LogP contribution in [-0.4, -0.2) is 11.6 Å². The van der Waals surface area contributed by atoms with Gasteiger partial charge in [-0.15, -0.1) is 0 Å². The minimum absolute atomic E-state index is 0.225. The molecule has 2 aromatic carbocycles. The van der Waals surface area contributed by atoms with Crippen molar-refractivity contribution in [3.63, 3.8) is 0 Å². The number of hydrogen-bond donors (Lipinski definition) is 0. The van der Waals surface area contributed by atoms with Gasteiger partial charge in [-0.25, -0.2) is 5.01 Å². The molecule has 5 nitrogen and oxygen atoms in total. The van der Waals surface area contributed by atoms with E-state index in [0.29, 0.717) is 11.4 Å². The van der Waals surface area contributed by atoms with Crippen molar-refractivity contribution in [2.75, 3.05) is 5.01 Å². The number of nitrogens with zero attached hydrogens (tertiary/aromatic N) is 4. The van der Waals surface area contributed by atoms with Crippen LogP contribution in [0.4, 0.5) is 5.69 Å². The Morgan fingerprint density at radius 1 is 1.08 bits per heavy atom. The second-order valence-corrected chi connectivity index (χ2v) is 6.93. The number of rotatable bonds is 4. The van der Waals surface area contributed by atoms with Crippen LogP contribution in [0.5, 0.6) is 0 Å². The molecule has 0 aromatic heterocycles. The van der Waals surface area contributed by atoms with Gasteiger partial charge in [-0.3, -0.25) is 4.79 Å². The highest BCUT2D eigenvalue weighted by molar-refractivity contribution is 9.10. The summed E-state index contributed by atoms with van der Waals surface area (Å²) in [4.78, 5) is 13.1. The first-order chi connectivity index (χ1) is 12.6. The maximum Gasteiger partial charge on any atom is 0.256 e. The molecule has 3 rings (SSSR count). The van der Waals surface area contributed by atoms with E-state index in [2.05, 4.69) is 21.0 Å². The van der Waals surface area contributed by atoms with E-state index in [-0.39, 0.29) is 5.91 Å². The van der Waals surface area contributed by atoms with E-state index in [4.69, 9.17) is 0 Å². The largest absolute Gasteiger partial charge is 0.272 e. The van der Waals surface area contributed by atoms with Gasteiger partial charge in [0.1, 0.15) is 5.92 Å². The quantitative estimate of drug-likeness (QED) is 0.761. The third-order valence-electron chi connectivity index (χ3n) is 4.43. The van der Waals surface area contributed by atoms with Crippen LogP contribution < -0.4 is 5.01 Å². The van der Waals surface area contributed by atoms with Crippen LogP contribution in [0.3, 0.4) is 0 Å². The number of hydrazone groups is 1. The highest BCUT2D eigenvalue weighted by Crippen LogP contribution is 2.38. The summed E-state index contributed by atoms with van der Waals surface area (Å²) in [6, 6.07) is 20.6. The van der Waals surface area contributed by atoms with Gasteiger partial charge in [-0.1, -0.05) is 46.3 Å². The topological polar surface area (TPSA) is 80.2 Å². The van der Waals surface area contributed by atoms with Crippen molar-refractivity contribution in [2.24, 2.45) is 16.9 Å². The molecule has 2 atom stereocenters. The zero-order valence-electron chi connectivity index (χ0n) is 14.0. The van der Waals surface area contributed by atoms with Gasteiger partial charge in [0, 0.05) is 16.1 Å². The number of hydrogen-bond acceptors (Lipinski definition) is 4. The van der Waals surface area contributed by atoms with Gasteiger partial charge in [-0.05, 0) is 36.8 Å². The number of carbonyl (C=O) groups is 1. The molecule has 0 saturated carbocycles. The molecule has 0 fully saturated rings. The Hall–Kier alpha value is -2.96. The van der Waals surface area contributed by atoms with E-state index >= 15 is 0 Å². The Bertz CT molecular complexity index is 911. The second kappa shape index (κ2) is 7.51. The molecule has 0 aliphatic carbocycles. The molecule has 6 heteroatoms. The maximum atomic E-state index is 13.1. The predicted octanol–water partition coefficient (Wildman–Crippen LogP) is 4.23. The number of carbonyl (C=O) groups excluding carboxylic acids is 1. The van der Waals surface area contributed by atoms with E-state index < -0.39 is 17.8 Å². The fraction of sp³-hybridized carbons (Fsp3) is 0.200. The first-order valence-corrected chi connectivity index (χ1v) is 8.85. The SMILES string of the molecule is CC1=NN(c2ccccc2)C(=O)[C@H]1[C@@H](c1ccc(Br)cc1)C(C#N)C#N. The normalized spacial score (nSPS) is 17.6. The summed E-state index contributed by atoms with van der Waals surface area (Å²) >= 11 is 3.38. The van der Waals surface area contributed by atoms with Crippen molar-refractivity contribution in [3.8, 4) is 12.1 Å². The van der Waals surface area contributed by atoms with Crippen LogP contribution in [0.15, 0.2) is 64.2 Å². The average molecular weight is 407 g/mol. The van der Waals surface area contributed by atoms with Gasteiger partial charge in [0.05, 0.1) is 23.7 Å². The molecule has 2 aromatic rings. The second-order valence-electron chi connectivity index (χ2n) is 6.02. The van der Waals surface area contributed by atoms with Crippen molar-refractivity contribution in [1.29, 1.82) is 10.5 Å². The highest BCUT2D eigenvalue weighted by Gasteiger charge is 2.44. The van der Waals surface area contributed by atoms with Crippen LogP contribution in [-0.2, 0) is 4.79 Å². The lowest BCUT2D eigenvalue weighted by molar-refractivity contribution is -0.120. The summed E-state index contributed by atoms with van der Waals surface area (Å²) in [5.74, 6) is -2.41. The molecule has 26 heavy (non-hydrogen) atoms. The summed E-state index contributed by atoms with van der Waals surface area (Å²) in [6.07, 6.45) is 0. The number of amides is 1. The highest BCUT2D eigenvalue weighted by atomic mass is 79.9. The first kappa shape index (κ1) is 17.8. The Balaban J connectivity index is 2.04. The van der Waals surface area contributed by atoms with E-state index in [0.717, 1.165) is 10.0 Å². The van der Waals surface area contributed by atoms with Gasteiger partial charge >= 0.3 is 0 Å². The lowest BCUT2D eigenvalue weighted by Gasteiger charge is -2.24. The van der Waals surface area contributed by atoms with Crippen LogP contribution >= 0.6 is 15.9 Å². The van der Waals surface area contributed by atoms with Crippen molar-refractivity contribution in [2.45, 2.75) is 12.8 Å². The van der Waals surface area contributed by atoms with Crippen molar-refractivity contribution >= 4 is 33.2 Å². The number of anilines is 1. The van der Waals surface area contributed by atoms with Crippen LogP contribution in [0.1, 0.15) is 18.4 Å². The zero-order valence-corrected chi connectivity index (χ0v) is 15.6. The van der Waals surface area contributed by atoms with E-state index in [9.17, 15) is 15.3 Å². The van der Waals surface area contributed by atoms with E-state index in [1.165, 1.54) is 5.01 Å². The summed E-state index contributed by atoms with van der Waals surface area (Å²) in [5, 5.41) is 24.7. The Kier molecular flexibility index (Phi) is 5.16. The zero-order chi connectivity index (χ0) is 18.7. The van der Waals surface area contributed by atoms with Crippen molar-refractivity contribution in [3.05, 3.63) is 64.6 Å². The Morgan fingerprint density at radius 2 is 1.69 bits per heavy atom. The number of benzene rings is 2. The Labute approximate surface area is 160 Å². The molecular weight excluding hydrogens is 392 g/mol. The summed E-state index contributed by atoms with van der Waals surface area (Å²) in [7, 11) is 0. The fourth-order valence-corrected chi connectivity index (χ4v) is 3.46.